The molecule has 3 N–H and O–H groups in total. The van der Waals surface area contributed by atoms with Gasteiger partial charge in [0, 0.05) is 19.3 Å². The molecule has 0 amide bonds. The van der Waals surface area contributed by atoms with Crippen LogP contribution in [0.3, 0.4) is 0 Å². The second-order valence-electron chi connectivity index (χ2n) is 5.42. The van der Waals surface area contributed by atoms with Gasteiger partial charge in [-0.2, -0.15) is 0 Å². The van der Waals surface area contributed by atoms with Crippen LogP contribution in [-0.2, 0) is 11.2 Å². The molecular weight excluding hydrogens is 224 g/mol. The monoisotopic (exact) mass is 248 g/mol. The quantitative estimate of drug-likeness (QED) is 0.633. The van der Waals surface area contributed by atoms with Gasteiger partial charge < -0.3 is 4.74 Å². The number of benzene rings is 1. The molecule has 1 saturated heterocycles. The highest BCUT2D eigenvalue weighted by atomic mass is 16.5. The van der Waals surface area contributed by atoms with Gasteiger partial charge in [0.15, 0.2) is 0 Å². The minimum absolute atomic E-state index is 0.357. The van der Waals surface area contributed by atoms with Crippen molar-refractivity contribution in [2.45, 2.75) is 39.2 Å². The van der Waals surface area contributed by atoms with Crippen LogP contribution in [0.25, 0.3) is 0 Å². The van der Waals surface area contributed by atoms with Crippen molar-refractivity contribution in [1.29, 1.82) is 0 Å². The lowest BCUT2D eigenvalue weighted by molar-refractivity contribution is 0.0538. The van der Waals surface area contributed by atoms with Gasteiger partial charge in [0.1, 0.15) is 0 Å². The third-order valence-corrected chi connectivity index (χ3v) is 3.79. The number of nitrogens with one attached hydrogen (secondary N) is 1. The van der Waals surface area contributed by atoms with Gasteiger partial charge in [-0.1, -0.05) is 29.3 Å². The van der Waals surface area contributed by atoms with Gasteiger partial charge in [-0.3, -0.25) is 11.3 Å². The molecule has 18 heavy (non-hydrogen) atoms. The number of rotatable bonds is 4. The normalized spacial score (nSPS) is 18.8. The second-order valence-corrected chi connectivity index (χ2v) is 5.42. The molecule has 0 saturated carbocycles. The van der Waals surface area contributed by atoms with Gasteiger partial charge in [-0.05, 0) is 44.6 Å². The van der Waals surface area contributed by atoms with Crippen LogP contribution in [0, 0.1) is 19.8 Å². The number of ether oxygens (including phenoxy) is 1. The van der Waals surface area contributed by atoms with Crippen molar-refractivity contribution in [2.75, 3.05) is 13.2 Å². The fourth-order valence-electron chi connectivity index (χ4n) is 2.92. The van der Waals surface area contributed by atoms with Crippen LogP contribution >= 0.6 is 0 Å². The lowest BCUT2D eigenvalue weighted by atomic mass is 9.87. The lowest BCUT2D eigenvalue weighted by Crippen LogP contribution is -2.44. The van der Waals surface area contributed by atoms with E-state index >= 15 is 0 Å². The first-order valence-electron chi connectivity index (χ1n) is 6.80. The highest BCUT2D eigenvalue weighted by Crippen LogP contribution is 2.22. The summed E-state index contributed by atoms with van der Waals surface area (Å²) in [5, 5.41) is 0. The predicted octanol–water partition coefficient (Wildman–Crippen LogP) is 2.10. The van der Waals surface area contributed by atoms with E-state index in [0.717, 1.165) is 32.5 Å². The molecule has 3 nitrogen and oxygen atoms in total. The maximum atomic E-state index is 5.74. The zero-order valence-electron chi connectivity index (χ0n) is 11.4. The zero-order chi connectivity index (χ0) is 13.0. The van der Waals surface area contributed by atoms with Crippen LogP contribution in [-0.4, -0.2) is 19.3 Å². The molecule has 1 aliphatic rings. The van der Waals surface area contributed by atoms with Gasteiger partial charge in [0.05, 0.1) is 0 Å². The average Bonchev–Trinajstić information content (AvgIpc) is 2.36. The van der Waals surface area contributed by atoms with Crippen molar-refractivity contribution in [1.82, 2.24) is 5.43 Å². The number of hydrogen-bond acceptors (Lipinski definition) is 3. The Hall–Kier alpha value is -0.900. The minimum atomic E-state index is 0.357. The summed E-state index contributed by atoms with van der Waals surface area (Å²) in [6.07, 6.45) is 3.23. The molecule has 1 fully saturated rings. The number of hydrazine groups is 1. The molecule has 0 bridgehead atoms. The van der Waals surface area contributed by atoms with Crippen molar-refractivity contribution < 1.29 is 4.74 Å². The molecule has 1 heterocycles. The van der Waals surface area contributed by atoms with Crippen molar-refractivity contribution in [3.63, 3.8) is 0 Å². The third kappa shape index (κ3) is 3.55. The predicted molar refractivity (Wildman–Crippen MR) is 74.3 cm³/mol. The first-order chi connectivity index (χ1) is 8.69. The third-order valence-electron chi connectivity index (χ3n) is 3.79. The van der Waals surface area contributed by atoms with E-state index in [-0.39, 0.29) is 0 Å². The lowest BCUT2D eigenvalue weighted by Gasteiger charge is -2.30. The van der Waals surface area contributed by atoms with Gasteiger partial charge in [-0.25, -0.2) is 0 Å². The summed E-state index contributed by atoms with van der Waals surface area (Å²) in [4.78, 5) is 0. The molecule has 0 aliphatic carbocycles. The van der Waals surface area contributed by atoms with E-state index in [1.807, 2.05) is 0 Å². The summed E-state index contributed by atoms with van der Waals surface area (Å²) >= 11 is 0. The van der Waals surface area contributed by atoms with Crippen molar-refractivity contribution in [3.05, 3.63) is 34.9 Å². The summed E-state index contributed by atoms with van der Waals surface area (Å²) in [6, 6.07) is 7.09. The van der Waals surface area contributed by atoms with Crippen LogP contribution in [0.5, 0.6) is 0 Å². The highest BCUT2D eigenvalue weighted by molar-refractivity contribution is 5.29. The van der Waals surface area contributed by atoms with E-state index in [4.69, 9.17) is 10.6 Å². The second kappa shape index (κ2) is 6.32. The summed E-state index contributed by atoms with van der Waals surface area (Å²) < 4.78 is 5.41. The Morgan fingerprint density at radius 3 is 2.39 bits per heavy atom. The van der Waals surface area contributed by atoms with E-state index in [1.165, 1.54) is 16.7 Å². The standard InChI is InChI=1S/C15H24N2O/c1-11-7-12(2)9-13(8-11)10-15(17-16)14-3-5-18-6-4-14/h7-9,14-15,17H,3-6,10,16H2,1-2H3. The Morgan fingerprint density at radius 2 is 1.83 bits per heavy atom. The molecule has 1 atom stereocenters. The van der Waals surface area contributed by atoms with Gasteiger partial charge in [0.25, 0.3) is 0 Å². The molecule has 1 unspecified atom stereocenters. The number of nitrogens with two attached hydrogens (primary N) is 1. The van der Waals surface area contributed by atoms with E-state index < -0.39 is 0 Å². The maximum Gasteiger partial charge on any atom is 0.0469 e. The maximum absolute atomic E-state index is 5.74. The fourth-order valence-corrected chi connectivity index (χ4v) is 2.92. The van der Waals surface area contributed by atoms with Crippen LogP contribution in [0.4, 0.5) is 0 Å². The van der Waals surface area contributed by atoms with Crippen LogP contribution < -0.4 is 11.3 Å². The molecular formula is C15H24N2O. The Bertz CT molecular complexity index is 366. The highest BCUT2D eigenvalue weighted by Gasteiger charge is 2.23. The van der Waals surface area contributed by atoms with Gasteiger partial charge >= 0.3 is 0 Å². The summed E-state index contributed by atoms with van der Waals surface area (Å²) in [6.45, 7) is 6.04. The van der Waals surface area contributed by atoms with E-state index in [2.05, 4.69) is 37.5 Å². The van der Waals surface area contributed by atoms with Crippen LogP contribution in [0.2, 0.25) is 0 Å². The van der Waals surface area contributed by atoms with E-state index in [0.29, 0.717) is 12.0 Å². The Morgan fingerprint density at radius 1 is 1.22 bits per heavy atom. The molecule has 0 radical (unpaired) electrons. The topological polar surface area (TPSA) is 47.3 Å². The van der Waals surface area contributed by atoms with Crippen molar-refractivity contribution in [3.8, 4) is 0 Å². The smallest absolute Gasteiger partial charge is 0.0469 e. The summed E-state index contributed by atoms with van der Waals surface area (Å²) in [5.74, 6) is 6.37. The van der Waals surface area contributed by atoms with Crippen molar-refractivity contribution >= 4 is 0 Å². The first kappa shape index (κ1) is 13.5. The largest absolute Gasteiger partial charge is 0.381 e. The summed E-state index contributed by atoms with van der Waals surface area (Å²) in [5.41, 5.74) is 7.03. The molecule has 1 aromatic carbocycles. The van der Waals surface area contributed by atoms with Crippen LogP contribution in [0.15, 0.2) is 18.2 Å². The SMILES string of the molecule is Cc1cc(C)cc(CC(NN)C2CCOCC2)c1. The zero-order valence-corrected chi connectivity index (χ0v) is 11.4. The number of aryl methyl sites for hydroxylation is 2. The van der Waals surface area contributed by atoms with E-state index in [9.17, 15) is 0 Å². The molecule has 2 rings (SSSR count). The van der Waals surface area contributed by atoms with Crippen LogP contribution in [0.1, 0.15) is 29.5 Å². The van der Waals surface area contributed by atoms with Gasteiger partial charge in [0.2, 0.25) is 0 Å². The minimum Gasteiger partial charge on any atom is -0.381 e. The Labute approximate surface area is 110 Å². The molecule has 0 aromatic heterocycles. The molecule has 100 valence electrons. The van der Waals surface area contributed by atoms with E-state index in [1.54, 1.807) is 0 Å². The first-order valence-corrected chi connectivity index (χ1v) is 6.80. The Kier molecular flexibility index (Phi) is 4.75. The molecule has 1 aromatic rings. The molecule has 3 heteroatoms. The molecule has 1 aliphatic heterocycles. The van der Waals surface area contributed by atoms with Crippen molar-refractivity contribution in [2.24, 2.45) is 11.8 Å². The Balaban J connectivity index is 2.04. The fraction of sp³-hybridized carbons (Fsp3) is 0.600. The molecule has 0 spiro atoms. The average molecular weight is 248 g/mol. The van der Waals surface area contributed by atoms with Gasteiger partial charge in [-0.15, -0.1) is 0 Å². The number of hydrogen-bond donors (Lipinski definition) is 2. The summed E-state index contributed by atoms with van der Waals surface area (Å²) in [7, 11) is 0.